The molecule has 0 aromatic carbocycles. The van der Waals surface area contributed by atoms with Crippen LogP contribution in [0.4, 0.5) is 0 Å². The lowest BCUT2D eigenvalue weighted by molar-refractivity contribution is -0.0520. The van der Waals surface area contributed by atoms with Crippen LogP contribution in [0.15, 0.2) is 11.0 Å². The predicted octanol–water partition coefficient (Wildman–Crippen LogP) is 0.247. The van der Waals surface area contributed by atoms with Crippen molar-refractivity contribution in [2.24, 2.45) is 5.73 Å². The van der Waals surface area contributed by atoms with Crippen LogP contribution in [0.5, 0.6) is 0 Å². The van der Waals surface area contributed by atoms with E-state index in [1.807, 2.05) is 0 Å². The van der Waals surface area contributed by atoms with Gasteiger partial charge in [-0.1, -0.05) is 11.8 Å². The van der Waals surface area contributed by atoms with E-state index in [4.69, 9.17) is 25.0 Å². The summed E-state index contributed by atoms with van der Waals surface area (Å²) in [6, 6.07) is 0. The Balaban J connectivity index is 1.84. The van der Waals surface area contributed by atoms with Gasteiger partial charge in [-0.3, -0.25) is 9.32 Å². The molecule has 1 saturated heterocycles. The number of nitrogens with one attached hydrogen (secondary N) is 1. The first-order valence-corrected chi connectivity index (χ1v) is 15.3. The fraction of sp³-hybridized carbons (Fsp3) is 0.500. The molecule has 1 fully saturated rings. The number of ether oxygens (including phenoxy) is 2. The van der Waals surface area contributed by atoms with Crippen molar-refractivity contribution in [2.45, 2.75) is 31.8 Å². The van der Waals surface area contributed by atoms with Gasteiger partial charge in [0, 0.05) is 12.6 Å². The summed E-state index contributed by atoms with van der Waals surface area (Å²) in [6.45, 7) is 0.895. The molecule has 3 unspecified atom stereocenters. The van der Waals surface area contributed by atoms with Gasteiger partial charge in [0.2, 0.25) is 0 Å². The first-order chi connectivity index (χ1) is 17.1. The van der Waals surface area contributed by atoms with Gasteiger partial charge >= 0.3 is 23.5 Å². The van der Waals surface area contributed by atoms with Crippen molar-refractivity contribution in [2.75, 3.05) is 19.1 Å². The van der Waals surface area contributed by atoms with Gasteiger partial charge in [-0.25, -0.2) is 18.7 Å². The highest BCUT2D eigenvalue weighted by Gasteiger charge is 2.43. The van der Waals surface area contributed by atoms with Crippen LogP contribution in [0, 0.1) is 18.8 Å². The van der Waals surface area contributed by atoms with Crippen molar-refractivity contribution in [3.8, 4) is 11.8 Å². The van der Waals surface area contributed by atoms with Crippen LogP contribution in [0.3, 0.4) is 0 Å². The van der Waals surface area contributed by atoms with E-state index in [0.29, 0.717) is 11.4 Å². The van der Waals surface area contributed by atoms with E-state index in [9.17, 15) is 28.3 Å². The Kier molecular flexibility index (Phi) is 9.61. The van der Waals surface area contributed by atoms with Crippen LogP contribution >= 0.6 is 36.1 Å². The number of nitrogens with two attached hydrogens (primary N) is 1. The van der Waals surface area contributed by atoms with Gasteiger partial charge in [0.25, 0.3) is 5.56 Å². The van der Waals surface area contributed by atoms with Gasteiger partial charge < -0.3 is 44.3 Å². The van der Waals surface area contributed by atoms with Crippen LogP contribution in [-0.2, 0) is 36.3 Å². The maximum absolute atomic E-state index is 12.6. The summed E-state index contributed by atoms with van der Waals surface area (Å²) in [4.78, 5) is 55.8. The molecule has 7 N–H and O–H groups in total. The number of hydrogen-bond donors (Lipinski definition) is 7. The number of H-pyrrole nitrogens is 1. The third kappa shape index (κ3) is 8.06. The van der Waals surface area contributed by atoms with Gasteiger partial charge in [0.15, 0.2) is 5.65 Å². The van der Waals surface area contributed by atoms with Crippen LogP contribution in [0.25, 0.3) is 11.0 Å². The predicted molar refractivity (Wildman–Crippen MR) is 128 cm³/mol. The van der Waals surface area contributed by atoms with Crippen LogP contribution in [0.1, 0.15) is 24.0 Å². The summed E-state index contributed by atoms with van der Waals surface area (Å²) < 4.78 is 59.4. The molecule has 3 heterocycles. The Morgan fingerprint density at radius 3 is 2.59 bits per heavy atom. The summed E-state index contributed by atoms with van der Waals surface area (Å²) in [7, 11) is -16.6. The standard InChI is InChI=1S/C16H23N4O13P3S/c1-9-18-15-14(16(21)19-9)10(3-2-4-17)6-20(15)13-5-11(29-8-37)12(31-13)7-30-35(25,26)33-36(27,28)32-34(22,23)24/h6,11-13,37H,4-5,7-8,17H2,1H3,(H,25,26)(H,27,28)(H,18,19,21)(H2,22,23,24)/t11?,12-,13-/m1/s1. The van der Waals surface area contributed by atoms with Gasteiger partial charge in [-0.05, 0) is 6.92 Å². The first kappa shape index (κ1) is 30.2. The Bertz CT molecular complexity index is 1410. The van der Waals surface area contributed by atoms with Crippen LogP contribution in [-0.4, -0.2) is 65.4 Å². The summed E-state index contributed by atoms with van der Waals surface area (Å²) >= 11 is 4.00. The van der Waals surface area contributed by atoms with E-state index in [0.717, 1.165) is 0 Å². The number of thiol groups is 1. The number of phosphoric ester groups is 1. The highest BCUT2D eigenvalue weighted by Crippen LogP contribution is 2.66. The Hall–Kier alpha value is -1.38. The van der Waals surface area contributed by atoms with Crippen molar-refractivity contribution in [1.82, 2.24) is 14.5 Å². The minimum absolute atomic E-state index is 0.0460. The molecule has 0 saturated carbocycles. The number of aryl methyl sites for hydroxylation is 1. The highest BCUT2D eigenvalue weighted by atomic mass is 32.1. The van der Waals surface area contributed by atoms with Crippen molar-refractivity contribution in [3.63, 3.8) is 0 Å². The lowest BCUT2D eigenvalue weighted by Crippen LogP contribution is -2.28. The van der Waals surface area contributed by atoms with E-state index >= 15 is 0 Å². The molecular formula is C16H23N4O13P3S. The van der Waals surface area contributed by atoms with Crippen molar-refractivity contribution >= 4 is 47.1 Å². The number of nitrogens with zero attached hydrogens (tertiary/aromatic N) is 2. The number of aromatic nitrogens is 3. The summed E-state index contributed by atoms with van der Waals surface area (Å²) in [6.07, 6.45) is -1.02. The van der Waals surface area contributed by atoms with Crippen LogP contribution < -0.4 is 11.3 Å². The molecule has 0 bridgehead atoms. The molecule has 37 heavy (non-hydrogen) atoms. The quantitative estimate of drug-likeness (QED) is 0.0830. The number of phosphoric acid groups is 3. The van der Waals surface area contributed by atoms with Crippen LogP contribution in [0.2, 0.25) is 0 Å². The lowest BCUT2D eigenvalue weighted by atomic mass is 10.2. The molecule has 2 aromatic heterocycles. The lowest BCUT2D eigenvalue weighted by Gasteiger charge is -2.20. The second-order valence-corrected chi connectivity index (χ2v) is 12.1. The van der Waals surface area contributed by atoms with Gasteiger partial charge in [-0.2, -0.15) is 21.3 Å². The Labute approximate surface area is 214 Å². The molecule has 1 aliphatic rings. The highest BCUT2D eigenvalue weighted by molar-refractivity contribution is 7.80. The third-order valence-electron chi connectivity index (χ3n) is 4.72. The van der Waals surface area contributed by atoms with Gasteiger partial charge in [0.05, 0.1) is 36.1 Å². The Morgan fingerprint density at radius 1 is 1.27 bits per heavy atom. The molecule has 2 aromatic rings. The third-order valence-corrected chi connectivity index (χ3v) is 8.67. The maximum Gasteiger partial charge on any atom is 0.490 e. The zero-order valence-electron chi connectivity index (χ0n) is 18.9. The monoisotopic (exact) mass is 604 g/mol. The molecule has 0 spiro atoms. The zero-order valence-corrected chi connectivity index (χ0v) is 22.4. The zero-order chi connectivity index (χ0) is 27.6. The molecule has 21 heteroatoms. The maximum atomic E-state index is 12.6. The van der Waals surface area contributed by atoms with Crippen molar-refractivity contribution < 1.29 is 55.9 Å². The number of hydrogen-bond acceptors (Lipinski definition) is 12. The van der Waals surface area contributed by atoms with E-state index < -0.39 is 54.1 Å². The molecule has 0 aliphatic carbocycles. The second-order valence-electron chi connectivity index (χ2n) is 7.39. The first-order valence-electron chi connectivity index (χ1n) is 10.1. The molecule has 0 amide bonds. The summed E-state index contributed by atoms with van der Waals surface area (Å²) in [5, 5.41) is 0.193. The van der Waals surface area contributed by atoms with Gasteiger partial charge in [-0.15, -0.1) is 0 Å². The molecular weight excluding hydrogens is 581 g/mol. The minimum atomic E-state index is -5.68. The second kappa shape index (κ2) is 11.8. The van der Waals surface area contributed by atoms with E-state index in [-0.39, 0.29) is 29.9 Å². The largest absolute Gasteiger partial charge is 0.490 e. The van der Waals surface area contributed by atoms with E-state index in [1.54, 1.807) is 6.92 Å². The number of rotatable bonds is 10. The average molecular weight is 604 g/mol. The number of fused-ring (bicyclic) bond motifs is 1. The molecule has 3 rings (SSSR count). The normalized spacial score (nSPS) is 23.4. The average Bonchev–Trinajstić information content (AvgIpc) is 3.29. The fourth-order valence-corrected chi connectivity index (χ4v) is 6.71. The minimum Gasteiger partial charge on any atom is -0.365 e. The molecule has 1 aliphatic heterocycles. The summed E-state index contributed by atoms with van der Waals surface area (Å²) in [5.41, 5.74) is 5.58. The fourth-order valence-electron chi connectivity index (χ4n) is 3.49. The van der Waals surface area contributed by atoms with E-state index in [2.05, 4.69) is 47.6 Å². The smallest absolute Gasteiger partial charge is 0.365 e. The molecule has 5 atom stereocenters. The topological polar surface area (TPSA) is 255 Å². The number of aromatic amines is 1. The molecule has 206 valence electrons. The molecule has 17 nitrogen and oxygen atoms in total. The van der Waals surface area contributed by atoms with E-state index in [1.165, 1.54) is 10.8 Å². The molecule has 0 radical (unpaired) electrons. The SMILES string of the molecule is Cc1nc2c(c(C#CCN)cn2[C@H]2CC(OCS)[C@@H](COP(=O)(O)OP(=O)(O)OP(=O)(O)O)O2)c(=O)[nH]1. The van der Waals surface area contributed by atoms with Crippen molar-refractivity contribution in [1.29, 1.82) is 0 Å². The van der Waals surface area contributed by atoms with Crippen molar-refractivity contribution in [3.05, 3.63) is 27.9 Å². The van der Waals surface area contributed by atoms with Gasteiger partial charge in [0.1, 0.15) is 18.2 Å². The Morgan fingerprint density at radius 2 is 1.97 bits per heavy atom. The summed E-state index contributed by atoms with van der Waals surface area (Å²) in [5.74, 6) is 5.70.